The molecule has 0 spiro atoms. The van der Waals surface area contributed by atoms with Gasteiger partial charge in [0.2, 0.25) is 0 Å². The molecular formula is C38H42O14. The lowest BCUT2D eigenvalue weighted by atomic mass is 9.70. The van der Waals surface area contributed by atoms with Gasteiger partial charge in [-0.05, 0) is 31.2 Å². The molecule has 14 heteroatoms. The van der Waals surface area contributed by atoms with Gasteiger partial charge >= 0.3 is 23.9 Å². The summed E-state index contributed by atoms with van der Waals surface area (Å²) in [7, 11) is 0. The first kappa shape index (κ1) is 38.5. The van der Waals surface area contributed by atoms with Crippen LogP contribution in [0, 0.1) is 17.3 Å². The summed E-state index contributed by atoms with van der Waals surface area (Å²) in [6.07, 6.45) is -12.5. The van der Waals surface area contributed by atoms with Crippen molar-refractivity contribution in [3.05, 3.63) is 83.9 Å². The lowest BCUT2D eigenvalue weighted by molar-refractivity contribution is -0.193. The average Bonchev–Trinajstić information content (AvgIpc) is 3.90. The van der Waals surface area contributed by atoms with Crippen molar-refractivity contribution in [3.8, 4) is 0 Å². The van der Waals surface area contributed by atoms with Gasteiger partial charge in [0.25, 0.3) is 0 Å². The molecule has 2 aromatic carbocycles. The number of aliphatic hydroxyl groups excluding tert-OH is 1. The van der Waals surface area contributed by atoms with Crippen LogP contribution < -0.4 is 0 Å². The maximum Gasteiger partial charge on any atom is 0.338 e. The minimum Gasteiger partial charge on any atom is -0.459 e. The number of aliphatic hydroxyl groups is 3. The Morgan fingerprint density at radius 3 is 1.71 bits per heavy atom. The summed E-state index contributed by atoms with van der Waals surface area (Å²) in [6.45, 7) is 11.3. The van der Waals surface area contributed by atoms with Crippen LogP contribution in [0.1, 0.15) is 62.3 Å². The Morgan fingerprint density at radius 1 is 0.750 bits per heavy atom. The molecule has 52 heavy (non-hydrogen) atoms. The third-order valence-corrected chi connectivity index (χ3v) is 10.2. The highest BCUT2D eigenvalue weighted by Crippen LogP contribution is 2.54. The number of ether oxygens (including phenoxy) is 5. The Labute approximate surface area is 299 Å². The van der Waals surface area contributed by atoms with Gasteiger partial charge < -0.3 is 39.0 Å². The molecule has 3 fully saturated rings. The van der Waals surface area contributed by atoms with Crippen LogP contribution in [0.5, 0.6) is 0 Å². The number of rotatable bonds is 6. The molecule has 2 aliphatic carbocycles. The quantitative estimate of drug-likeness (QED) is 0.168. The second-order valence-corrected chi connectivity index (χ2v) is 14.3. The molecule has 0 radical (unpaired) electrons. The molecule has 278 valence electrons. The highest BCUT2D eigenvalue weighted by Gasteiger charge is 2.76. The first-order valence-electron chi connectivity index (χ1n) is 16.7. The number of epoxide rings is 1. The predicted octanol–water partition coefficient (Wildman–Crippen LogP) is 1.91. The Kier molecular flexibility index (Phi) is 10.4. The number of fused-ring (bicyclic) bond motifs is 2. The summed E-state index contributed by atoms with van der Waals surface area (Å²) in [5.74, 6) is -9.49. The van der Waals surface area contributed by atoms with Crippen LogP contribution >= 0.6 is 0 Å². The van der Waals surface area contributed by atoms with Crippen molar-refractivity contribution in [1.29, 1.82) is 0 Å². The number of carbonyl (C=O) groups is 6. The fraction of sp³-hybridized carbons (Fsp3) is 0.474. The number of hydrogen-bond donors (Lipinski definition) is 3. The molecule has 2 saturated carbocycles. The zero-order valence-corrected chi connectivity index (χ0v) is 29.5. The van der Waals surface area contributed by atoms with Gasteiger partial charge in [-0.2, -0.15) is 0 Å². The Balaban J connectivity index is 1.80. The summed E-state index contributed by atoms with van der Waals surface area (Å²) in [6, 6.07) is 15.0. The van der Waals surface area contributed by atoms with Gasteiger partial charge in [-0.15, -0.1) is 0 Å². The molecular weight excluding hydrogens is 680 g/mol. The summed E-state index contributed by atoms with van der Waals surface area (Å²) in [4.78, 5) is 81.5. The lowest BCUT2D eigenvalue weighted by Gasteiger charge is -2.41. The number of ketones is 2. The van der Waals surface area contributed by atoms with Crippen LogP contribution in [0.25, 0.3) is 0 Å². The molecule has 11 atom stereocenters. The minimum atomic E-state index is -3.04. The van der Waals surface area contributed by atoms with Crippen molar-refractivity contribution in [1.82, 2.24) is 0 Å². The van der Waals surface area contributed by atoms with Crippen molar-refractivity contribution in [3.63, 3.8) is 0 Å². The van der Waals surface area contributed by atoms with Gasteiger partial charge in [0.1, 0.15) is 17.8 Å². The molecule has 2 aromatic rings. The summed E-state index contributed by atoms with van der Waals surface area (Å²) >= 11 is 0. The highest BCUT2D eigenvalue weighted by molar-refractivity contribution is 5.95. The standard InChI is InChI=1S/C38H42O14/c1-18-26(51-33(44)22-14-10-8-11-15-22)24-31(48-20(3)39)37(7,46)35(49-21(4)40)38(24,47)29(42)19(2)28-32(50-28)36(5,6)30(43)25(41)27(18)52-34(45)23-16-12-9-13-17-23/h8-17,19,24-28,31-32,35,41,46-47H,1H2,2-7H3/t19-,24-,25+,26-,27-,28+,31+,32+,35-,37-,38+/m0/s1. The molecule has 0 aromatic heterocycles. The summed E-state index contributed by atoms with van der Waals surface area (Å²) in [5.41, 5.74) is -7.72. The van der Waals surface area contributed by atoms with E-state index in [0.717, 1.165) is 20.8 Å². The number of carbonyl (C=O) groups excluding carboxylic acids is 6. The van der Waals surface area contributed by atoms with E-state index in [2.05, 4.69) is 6.58 Å². The van der Waals surface area contributed by atoms with Crippen LogP contribution in [0.3, 0.4) is 0 Å². The summed E-state index contributed by atoms with van der Waals surface area (Å²) < 4.78 is 28.6. The molecule has 1 saturated heterocycles. The predicted molar refractivity (Wildman–Crippen MR) is 178 cm³/mol. The van der Waals surface area contributed by atoms with Gasteiger partial charge in [-0.3, -0.25) is 19.2 Å². The van der Waals surface area contributed by atoms with Crippen molar-refractivity contribution in [2.24, 2.45) is 17.3 Å². The molecule has 1 aliphatic heterocycles. The van der Waals surface area contributed by atoms with E-state index >= 15 is 0 Å². The fourth-order valence-electron chi connectivity index (χ4n) is 7.45. The van der Waals surface area contributed by atoms with E-state index in [1.54, 1.807) is 24.3 Å². The fourth-order valence-corrected chi connectivity index (χ4v) is 7.45. The monoisotopic (exact) mass is 722 g/mol. The molecule has 3 aliphatic rings. The Morgan fingerprint density at radius 2 is 1.23 bits per heavy atom. The van der Waals surface area contributed by atoms with Crippen LogP contribution in [0.4, 0.5) is 0 Å². The normalized spacial score (nSPS) is 35.5. The lowest BCUT2D eigenvalue weighted by Crippen LogP contribution is -2.62. The zero-order valence-electron chi connectivity index (χ0n) is 29.5. The smallest absolute Gasteiger partial charge is 0.338 e. The van der Waals surface area contributed by atoms with E-state index in [0.29, 0.717) is 0 Å². The largest absolute Gasteiger partial charge is 0.459 e. The van der Waals surface area contributed by atoms with E-state index in [1.807, 2.05) is 0 Å². The van der Waals surface area contributed by atoms with Crippen molar-refractivity contribution in [2.75, 3.05) is 0 Å². The van der Waals surface area contributed by atoms with Crippen molar-refractivity contribution >= 4 is 35.4 Å². The van der Waals surface area contributed by atoms with Crippen molar-refractivity contribution < 1.29 is 67.8 Å². The topological polar surface area (TPSA) is 213 Å². The maximum atomic E-state index is 14.8. The van der Waals surface area contributed by atoms with Crippen molar-refractivity contribution in [2.45, 2.75) is 95.5 Å². The molecule has 14 nitrogen and oxygen atoms in total. The van der Waals surface area contributed by atoms with Gasteiger partial charge in [-0.25, -0.2) is 9.59 Å². The van der Waals surface area contributed by atoms with E-state index in [9.17, 15) is 44.1 Å². The third-order valence-electron chi connectivity index (χ3n) is 10.2. The van der Waals surface area contributed by atoms with Gasteiger partial charge in [0.15, 0.2) is 35.5 Å². The first-order chi connectivity index (χ1) is 24.3. The molecule has 3 N–H and O–H groups in total. The van der Waals surface area contributed by atoms with Crippen LogP contribution in [0.2, 0.25) is 0 Å². The third kappa shape index (κ3) is 6.67. The van der Waals surface area contributed by atoms with Gasteiger partial charge in [0.05, 0.1) is 34.7 Å². The molecule has 0 bridgehead atoms. The van der Waals surface area contributed by atoms with E-state index in [1.165, 1.54) is 57.2 Å². The maximum absolute atomic E-state index is 14.8. The highest BCUT2D eigenvalue weighted by atomic mass is 16.6. The molecule has 5 rings (SSSR count). The summed E-state index contributed by atoms with van der Waals surface area (Å²) in [5, 5.41) is 36.7. The second kappa shape index (κ2) is 14.0. The SMILES string of the molecule is C=C1[C@H](OC(=O)c2ccccc2)[C@H]2[C@@H](OC(C)=O)[C@](C)(O)[C@H](OC(C)=O)[C@]2(O)C(=O)[C@@H](C)[C@H]2O[C@H]2C(C)(C)C(=O)[C@H](O)[C@H]1OC(=O)c1ccccc1. The number of hydrogen-bond acceptors (Lipinski definition) is 14. The average molecular weight is 723 g/mol. The van der Waals surface area contributed by atoms with Crippen LogP contribution in [-0.2, 0) is 42.9 Å². The van der Waals surface area contributed by atoms with E-state index in [4.69, 9.17) is 23.7 Å². The Hall–Kier alpha value is -4.76. The van der Waals surface area contributed by atoms with E-state index in [-0.39, 0.29) is 11.1 Å². The van der Waals surface area contributed by atoms with Crippen LogP contribution in [-0.4, -0.2) is 105 Å². The minimum absolute atomic E-state index is 0.000709. The molecule has 0 amide bonds. The number of esters is 4. The second-order valence-electron chi connectivity index (χ2n) is 14.3. The van der Waals surface area contributed by atoms with E-state index < -0.39 is 112 Å². The molecule has 1 heterocycles. The Bertz CT molecular complexity index is 1770. The zero-order chi connectivity index (χ0) is 38.5. The first-order valence-corrected chi connectivity index (χ1v) is 16.7. The van der Waals surface area contributed by atoms with Gasteiger partial charge in [-0.1, -0.05) is 63.7 Å². The number of Topliss-reactive ketones (excluding diaryl/α,β-unsaturated/α-hetero) is 2. The van der Waals surface area contributed by atoms with Crippen LogP contribution in [0.15, 0.2) is 72.8 Å². The molecule has 0 unspecified atom stereocenters. The number of benzene rings is 2. The van der Waals surface area contributed by atoms with Gasteiger partial charge in [0, 0.05) is 25.3 Å².